The highest BCUT2D eigenvalue weighted by molar-refractivity contribution is 6.31. The molecule has 2 aromatic rings. The predicted octanol–water partition coefficient (Wildman–Crippen LogP) is 3.08. The van der Waals surface area contributed by atoms with E-state index in [0.717, 1.165) is 5.56 Å². The molecule has 0 aromatic heterocycles. The fourth-order valence-electron chi connectivity index (χ4n) is 2.02. The first-order chi connectivity index (χ1) is 9.15. The highest BCUT2D eigenvalue weighted by Crippen LogP contribution is 2.37. The van der Waals surface area contributed by atoms with Gasteiger partial charge in [-0.2, -0.15) is 0 Å². The molecule has 0 saturated carbocycles. The van der Waals surface area contributed by atoms with Crippen LogP contribution >= 0.6 is 11.6 Å². The number of methoxy groups -OCH3 is 1. The highest BCUT2D eigenvalue weighted by atomic mass is 35.5. The van der Waals surface area contributed by atoms with Crippen molar-refractivity contribution in [3.8, 4) is 5.75 Å². The first-order valence-corrected chi connectivity index (χ1v) is 6.34. The number of aliphatic hydroxyl groups excluding tert-OH is 1. The van der Waals surface area contributed by atoms with E-state index in [1.807, 2.05) is 30.3 Å². The molecule has 2 rings (SSSR count). The van der Waals surface area contributed by atoms with Crippen molar-refractivity contribution in [1.29, 1.82) is 0 Å². The monoisotopic (exact) mass is 277 g/mol. The Labute approximate surface area is 117 Å². The van der Waals surface area contributed by atoms with Crippen molar-refractivity contribution in [2.75, 3.05) is 7.11 Å². The number of hydrogen-bond donors (Lipinski definition) is 2. The summed E-state index contributed by atoms with van der Waals surface area (Å²) in [5, 5.41) is 10.9. The number of ether oxygens (including phenoxy) is 1. The zero-order valence-electron chi connectivity index (χ0n) is 10.6. The molecule has 0 bridgehead atoms. The highest BCUT2D eigenvalue weighted by Gasteiger charge is 2.24. The molecule has 2 aromatic carbocycles. The van der Waals surface area contributed by atoms with Crippen molar-refractivity contribution < 1.29 is 9.84 Å². The lowest BCUT2D eigenvalue weighted by Crippen LogP contribution is -2.20. The summed E-state index contributed by atoms with van der Waals surface area (Å²) in [5.41, 5.74) is 7.46. The van der Waals surface area contributed by atoms with Crippen LogP contribution < -0.4 is 10.5 Å². The maximum Gasteiger partial charge on any atom is 0.126 e. The van der Waals surface area contributed by atoms with Crippen molar-refractivity contribution in [3.05, 3.63) is 64.7 Å². The van der Waals surface area contributed by atoms with Crippen LogP contribution in [0.15, 0.2) is 48.5 Å². The normalized spacial score (nSPS) is 13.9. The standard InChI is InChI=1S/C15H16ClNO2/c1-19-12-9-5-8-11(16)13(12)15(18)14(17)10-6-3-2-4-7-10/h2-9,14-15,18H,17H2,1H3. The summed E-state index contributed by atoms with van der Waals surface area (Å²) in [6.45, 7) is 0. The van der Waals surface area contributed by atoms with E-state index in [1.165, 1.54) is 7.11 Å². The molecular weight excluding hydrogens is 262 g/mol. The van der Waals surface area contributed by atoms with Crippen LogP contribution in [0.5, 0.6) is 5.75 Å². The van der Waals surface area contributed by atoms with E-state index >= 15 is 0 Å². The van der Waals surface area contributed by atoms with Crippen LogP contribution in [0, 0.1) is 0 Å². The Kier molecular flexibility index (Phi) is 4.43. The van der Waals surface area contributed by atoms with Crippen LogP contribution in [-0.4, -0.2) is 12.2 Å². The third-order valence-corrected chi connectivity index (χ3v) is 3.38. The minimum absolute atomic E-state index is 0.443. The van der Waals surface area contributed by atoms with Crippen molar-refractivity contribution in [2.45, 2.75) is 12.1 Å². The van der Waals surface area contributed by atoms with Crippen LogP contribution in [0.25, 0.3) is 0 Å². The van der Waals surface area contributed by atoms with Gasteiger partial charge in [0.25, 0.3) is 0 Å². The fourth-order valence-corrected chi connectivity index (χ4v) is 2.30. The van der Waals surface area contributed by atoms with E-state index in [1.54, 1.807) is 18.2 Å². The van der Waals surface area contributed by atoms with Crippen LogP contribution in [0.1, 0.15) is 23.3 Å². The average molecular weight is 278 g/mol. The first-order valence-electron chi connectivity index (χ1n) is 5.96. The topological polar surface area (TPSA) is 55.5 Å². The van der Waals surface area contributed by atoms with Gasteiger partial charge < -0.3 is 15.6 Å². The Morgan fingerprint density at radius 3 is 2.42 bits per heavy atom. The third kappa shape index (κ3) is 2.89. The van der Waals surface area contributed by atoms with Crippen molar-refractivity contribution in [2.24, 2.45) is 5.73 Å². The van der Waals surface area contributed by atoms with E-state index in [9.17, 15) is 5.11 Å². The molecule has 4 heteroatoms. The lowest BCUT2D eigenvalue weighted by atomic mass is 9.96. The van der Waals surface area contributed by atoms with Gasteiger partial charge in [0.1, 0.15) is 11.9 Å². The van der Waals surface area contributed by atoms with Crippen LogP contribution in [0.3, 0.4) is 0 Å². The summed E-state index contributed by atoms with van der Waals surface area (Å²) in [4.78, 5) is 0. The number of aliphatic hydroxyl groups is 1. The van der Waals surface area contributed by atoms with Gasteiger partial charge in [0.05, 0.1) is 18.2 Å². The Balaban J connectivity index is 2.37. The molecule has 3 N–H and O–H groups in total. The van der Waals surface area contributed by atoms with Gasteiger partial charge in [-0.3, -0.25) is 0 Å². The Hall–Kier alpha value is -1.55. The molecule has 100 valence electrons. The maximum atomic E-state index is 10.4. The maximum absolute atomic E-state index is 10.4. The Morgan fingerprint density at radius 1 is 1.11 bits per heavy atom. The molecule has 2 atom stereocenters. The largest absolute Gasteiger partial charge is 0.496 e. The molecule has 0 spiro atoms. The molecule has 0 aliphatic rings. The molecule has 2 unspecified atom stereocenters. The molecule has 0 radical (unpaired) electrons. The van der Waals surface area contributed by atoms with Crippen molar-refractivity contribution >= 4 is 11.6 Å². The zero-order valence-corrected chi connectivity index (χ0v) is 11.3. The van der Waals surface area contributed by atoms with E-state index < -0.39 is 12.1 Å². The fraction of sp³-hybridized carbons (Fsp3) is 0.200. The number of halogens is 1. The minimum atomic E-state index is -0.925. The first kappa shape index (κ1) is 13.9. The van der Waals surface area contributed by atoms with Crippen molar-refractivity contribution in [1.82, 2.24) is 0 Å². The lowest BCUT2D eigenvalue weighted by Gasteiger charge is -2.22. The van der Waals surface area contributed by atoms with E-state index in [-0.39, 0.29) is 0 Å². The Morgan fingerprint density at radius 2 is 1.79 bits per heavy atom. The summed E-state index contributed by atoms with van der Waals surface area (Å²) in [6, 6.07) is 14.1. The summed E-state index contributed by atoms with van der Waals surface area (Å²) in [7, 11) is 1.54. The predicted molar refractivity (Wildman–Crippen MR) is 76.3 cm³/mol. The van der Waals surface area contributed by atoms with Gasteiger partial charge >= 0.3 is 0 Å². The summed E-state index contributed by atoms with van der Waals surface area (Å²) in [5.74, 6) is 0.534. The van der Waals surface area contributed by atoms with Gasteiger partial charge in [-0.05, 0) is 17.7 Å². The lowest BCUT2D eigenvalue weighted by molar-refractivity contribution is 0.143. The smallest absolute Gasteiger partial charge is 0.126 e. The molecule has 19 heavy (non-hydrogen) atoms. The second kappa shape index (κ2) is 6.06. The van der Waals surface area contributed by atoms with E-state index in [2.05, 4.69) is 0 Å². The summed E-state index contributed by atoms with van der Waals surface area (Å²) >= 11 is 6.14. The average Bonchev–Trinajstić information content (AvgIpc) is 2.46. The molecular formula is C15H16ClNO2. The zero-order chi connectivity index (χ0) is 13.8. The second-order valence-corrected chi connectivity index (χ2v) is 4.64. The van der Waals surface area contributed by atoms with Crippen LogP contribution in [-0.2, 0) is 0 Å². The molecule has 0 saturated heterocycles. The molecule has 0 aliphatic carbocycles. The number of nitrogens with two attached hydrogens (primary N) is 1. The minimum Gasteiger partial charge on any atom is -0.496 e. The van der Waals surface area contributed by atoms with Gasteiger partial charge in [-0.15, -0.1) is 0 Å². The van der Waals surface area contributed by atoms with Crippen LogP contribution in [0.4, 0.5) is 0 Å². The van der Waals surface area contributed by atoms with Gasteiger partial charge in [0.2, 0.25) is 0 Å². The second-order valence-electron chi connectivity index (χ2n) is 4.24. The molecule has 0 heterocycles. The quantitative estimate of drug-likeness (QED) is 0.903. The van der Waals surface area contributed by atoms with Gasteiger partial charge in [0, 0.05) is 5.56 Å². The molecule has 0 fully saturated rings. The van der Waals surface area contributed by atoms with E-state index in [0.29, 0.717) is 16.3 Å². The number of rotatable bonds is 4. The molecule has 3 nitrogen and oxygen atoms in total. The van der Waals surface area contributed by atoms with Crippen molar-refractivity contribution in [3.63, 3.8) is 0 Å². The van der Waals surface area contributed by atoms with Gasteiger partial charge in [-0.25, -0.2) is 0 Å². The van der Waals surface area contributed by atoms with Gasteiger partial charge in [-0.1, -0.05) is 48.0 Å². The van der Waals surface area contributed by atoms with Gasteiger partial charge in [0.15, 0.2) is 0 Å². The van der Waals surface area contributed by atoms with E-state index in [4.69, 9.17) is 22.1 Å². The summed E-state index contributed by atoms with van der Waals surface area (Å²) in [6.07, 6.45) is -0.925. The molecule has 0 amide bonds. The third-order valence-electron chi connectivity index (χ3n) is 3.05. The molecule has 0 aliphatic heterocycles. The Bertz CT molecular complexity index is 545. The summed E-state index contributed by atoms with van der Waals surface area (Å²) < 4.78 is 5.23. The van der Waals surface area contributed by atoms with Crippen LogP contribution in [0.2, 0.25) is 5.02 Å². The SMILES string of the molecule is COc1cccc(Cl)c1C(O)C(N)c1ccccc1. The number of benzene rings is 2. The number of hydrogen-bond acceptors (Lipinski definition) is 3.